The molecule has 0 atom stereocenters. The van der Waals surface area contributed by atoms with Crippen molar-refractivity contribution in [3.05, 3.63) is 95.6 Å². The molecule has 0 aliphatic heterocycles. The van der Waals surface area contributed by atoms with Crippen molar-refractivity contribution < 1.29 is 18.7 Å². The lowest BCUT2D eigenvalue weighted by Gasteiger charge is -2.11. The molecule has 3 aromatic rings. The summed E-state index contributed by atoms with van der Waals surface area (Å²) in [6.45, 7) is 0.215. The second kappa shape index (κ2) is 9.23. The number of rotatable bonds is 7. The summed E-state index contributed by atoms with van der Waals surface area (Å²) in [6, 6.07) is 19.4. The zero-order valence-corrected chi connectivity index (χ0v) is 15.3. The van der Waals surface area contributed by atoms with Gasteiger partial charge >= 0.3 is 0 Å². The molecule has 0 aliphatic carbocycles. The Balaban J connectivity index is 1.80. The molecule has 3 rings (SSSR count). The maximum Gasteiger partial charge on any atom is 0.268 e. The predicted molar refractivity (Wildman–Crippen MR) is 105 cm³/mol. The van der Waals surface area contributed by atoms with Crippen LogP contribution in [0.1, 0.15) is 21.7 Å². The molecule has 1 heterocycles. The summed E-state index contributed by atoms with van der Waals surface area (Å²) < 4.78 is 10.4. The molecule has 0 saturated heterocycles. The van der Waals surface area contributed by atoms with Gasteiger partial charge in [-0.3, -0.25) is 9.59 Å². The highest BCUT2D eigenvalue weighted by atomic mass is 16.5. The normalized spacial score (nSPS) is 11.0. The van der Waals surface area contributed by atoms with Crippen LogP contribution in [0.3, 0.4) is 0 Å². The van der Waals surface area contributed by atoms with Crippen molar-refractivity contribution >= 4 is 17.9 Å². The first-order valence-electron chi connectivity index (χ1n) is 8.68. The van der Waals surface area contributed by atoms with Gasteiger partial charge < -0.3 is 19.8 Å². The van der Waals surface area contributed by atoms with Gasteiger partial charge in [0.05, 0.1) is 19.9 Å². The van der Waals surface area contributed by atoms with E-state index in [1.54, 1.807) is 73.8 Å². The third-order valence-electron chi connectivity index (χ3n) is 3.96. The van der Waals surface area contributed by atoms with Crippen molar-refractivity contribution in [2.75, 3.05) is 7.11 Å². The second-order valence-corrected chi connectivity index (χ2v) is 5.91. The lowest BCUT2D eigenvalue weighted by Crippen LogP contribution is -2.34. The van der Waals surface area contributed by atoms with Gasteiger partial charge in [0, 0.05) is 5.56 Å². The molecule has 0 spiro atoms. The predicted octanol–water partition coefficient (Wildman–Crippen LogP) is 3.38. The zero-order chi connectivity index (χ0) is 19.8. The van der Waals surface area contributed by atoms with Crippen molar-refractivity contribution in [2.45, 2.75) is 6.54 Å². The molecule has 0 fully saturated rings. The van der Waals surface area contributed by atoms with Gasteiger partial charge in [-0.2, -0.15) is 0 Å². The number of furan rings is 1. The summed E-state index contributed by atoms with van der Waals surface area (Å²) in [5.74, 6) is 0.533. The molecule has 28 heavy (non-hydrogen) atoms. The molecule has 2 amide bonds. The van der Waals surface area contributed by atoms with Gasteiger partial charge in [-0.1, -0.05) is 30.3 Å². The summed E-state index contributed by atoms with van der Waals surface area (Å²) >= 11 is 0. The Kier molecular flexibility index (Phi) is 6.25. The van der Waals surface area contributed by atoms with Crippen molar-refractivity contribution in [3.8, 4) is 5.75 Å². The number of ether oxygens (including phenoxy) is 1. The van der Waals surface area contributed by atoms with Gasteiger partial charge in [0.2, 0.25) is 0 Å². The summed E-state index contributed by atoms with van der Waals surface area (Å²) in [6.07, 6.45) is 3.14. The van der Waals surface area contributed by atoms with E-state index in [1.807, 2.05) is 6.07 Å². The van der Waals surface area contributed by atoms with Crippen molar-refractivity contribution in [1.29, 1.82) is 0 Å². The number of benzene rings is 2. The van der Waals surface area contributed by atoms with Crippen molar-refractivity contribution in [2.24, 2.45) is 0 Å². The molecule has 1 aromatic heterocycles. The van der Waals surface area contributed by atoms with Crippen LogP contribution in [0.5, 0.6) is 5.75 Å². The summed E-state index contributed by atoms with van der Waals surface area (Å²) in [4.78, 5) is 25.2. The highest BCUT2D eigenvalue weighted by Crippen LogP contribution is 2.14. The molecule has 0 aliphatic rings. The zero-order valence-electron chi connectivity index (χ0n) is 15.3. The number of carbonyl (C=O) groups excluding carboxylic acids is 2. The van der Waals surface area contributed by atoms with E-state index in [-0.39, 0.29) is 18.1 Å². The van der Waals surface area contributed by atoms with Crippen LogP contribution in [0.15, 0.2) is 83.1 Å². The van der Waals surface area contributed by atoms with E-state index in [0.29, 0.717) is 17.1 Å². The Morgan fingerprint density at radius 1 is 1.00 bits per heavy atom. The van der Waals surface area contributed by atoms with E-state index in [0.717, 1.165) is 5.56 Å². The number of hydrogen-bond acceptors (Lipinski definition) is 4. The topological polar surface area (TPSA) is 80.6 Å². The SMILES string of the molecule is COc1ccc(C=C(NC(=O)c2ccccc2)C(=O)NCc2ccco2)cc1. The van der Waals surface area contributed by atoms with E-state index in [4.69, 9.17) is 9.15 Å². The molecule has 0 bridgehead atoms. The van der Waals surface area contributed by atoms with Crippen LogP contribution in [0.4, 0.5) is 0 Å². The molecule has 6 heteroatoms. The first-order valence-corrected chi connectivity index (χ1v) is 8.68. The molecule has 0 radical (unpaired) electrons. The van der Waals surface area contributed by atoms with Gasteiger partial charge in [0.25, 0.3) is 11.8 Å². The maximum atomic E-state index is 12.7. The van der Waals surface area contributed by atoms with Crippen molar-refractivity contribution in [3.63, 3.8) is 0 Å². The quantitative estimate of drug-likeness (QED) is 0.620. The first kappa shape index (κ1) is 19.0. The number of nitrogens with one attached hydrogen (secondary N) is 2. The molecule has 6 nitrogen and oxygen atoms in total. The molecule has 2 N–H and O–H groups in total. The molecule has 0 saturated carbocycles. The minimum absolute atomic E-state index is 0.130. The average Bonchev–Trinajstić information content (AvgIpc) is 3.26. The van der Waals surface area contributed by atoms with Crippen LogP contribution in [0, 0.1) is 0 Å². The average molecular weight is 376 g/mol. The van der Waals surface area contributed by atoms with E-state index >= 15 is 0 Å². The van der Waals surface area contributed by atoms with Crippen molar-refractivity contribution in [1.82, 2.24) is 10.6 Å². The Hall–Kier alpha value is -3.80. The Labute approximate surface area is 162 Å². The van der Waals surface area contributed by atoms with Crippen LogP contribution in [-0.2, 0) is 11.3 Å². The molecular weight excluding hydrogens is 356 g/mol. The van der Waals surface area contributed by atoms with Gasteiger partial charge in [0.15, 0.2) is 0 Å². The number of amides is 2. The fourth-order valence-corrected chi connectivity index (χ4v) is 2.48. The lowest BCUT2D eigenvalue weighted by molar-refractivity contribution is -0.118. The van der Waals surface area contributed by atoms with Gasteiger partial charge in [0.1, 0.15) is 17.2 Å². The third-order valence-corrected chi connectivity index (χ3v) is 3.96. The first-order chi connectivity index (χ1) is 13.7. The minimum atomic E-state index is -0.420. The largest absolute Gasteiger partial charge is 0.497 e. The minimum Gasteiger partial charge on any atom is -0.497 e. The monoisotopic (exact) mass is 376 g/mol. The van der Waals surface area contributed by atoms with Crippen LogP contribution in [0.2, 0.25) is 0 Å². The van der Waals surface area contributed by atoms with E-state index in [1.165, 1.54) is 6.26 Å². The molecular formula is C22H20N2O4. The van der Waals surface area contributed by atoms with Crippen LogP contribution < -0.4 is 15.4 Å². The fraction of sp³-hybridized carbons (Fsp3) is 0.0909. The van der Waals surface area contributed by atoms with Crippen LogP contribution in [-0.4, -0.2) is 18.9 Å². The Morgan fingerprint density at radius 3 is 2.39 bits per heavy atom. The van der Waals surface area contributed by atoms with Gasteiger partial charge in [-0.05, 0) is 48.0 Å². The Bertz CT molecular complexity index is 946. The fourth-order valence-electron chi connectivity index (χ4n) is 2.48. The van der Waals surface area contributed by atoms with Crippen LogP contribution in [0.25, 0.3) is 6.08 Å². The molecule has 142 valence electrons. The van der Waals surface area contributed by atoms with Gasteiger partial charge in [-0.15, -0.1) is 0 Å². The van der Waals surface area contributed by atoms with Crippen LogP contribution >= 0.6 is 0 Å². The summed E-state index contributed by atoms with van der Waals surface area (Å²) in [5.41, 5.74) is 1.34. The van der Waals surface area contributed by atoms with E-state index in [9.17, 15) is 9.59 Å². The second-order valence-electron chi connectivity index (χ2n) is 5.91. The summed E-state index contributed by atoms with van der Waals surface area (Å²) in [7, 11) is 1.58. The standard InChI is InChI=1S/C22H20N2O4/c1-27-18-11-9-16(10-12-18)14-20(22(26)23-15-19-8-5-13-28-19)24-21(25)17-6-3-2-4-7-17/h2-14H,15H2,1H3,(H,23,26)(H,24,25). The number of methoxy groups -OCH3 is 1. The molecule has 2 aromatic carbocycles. The highest BCUT2D eigenvalue weighted by Gasteiger charge is 2.15. The smallest absolute Gasteiger partial charge is 0.268 e. The van der Waals surface area contributed by atoms with E-state index < -0.39 is 5.91 Å². The highest BCUT2D eigenvalue weighted by molar-refractivity contribution is 6.05. The summed E-state index contributed by atoms with van der Waals surface area (Å²) in [5, 5.41) is 5.43. The van der Waals surface area contributed by atoms with E-state index in [2.05, 4.69) is 10.6 Å². The number of hydrogen-bond donors (Lipinski definition) is 2. The Morgan fingerprint density at radius 2 is 1.75 bits per heavy atom. The third kappa shape index (κ3) is 5.11. The van der Waals surface area contributed by atoms with Gasteiger partial charge in [-0.25, -0.2) is 0 Å². The lowest BCUT2D eigenvalue weighted by atomic mass is 10.1. The maximum absolute atomic E-state index is 12.7. The molecule has 0 unspecified atom stereocenters. The number of carbonyl (C=O) groups is 2.